The van der Waals surface area contributed by atoms with E-state index in [4.69, 9.17) is 5.73 Å². The summed E-state index contributed by atoms with van der Waals surface area (Å²) in [6.45, 7) is 0.248. The summed E-state index contributed by atoms with van der Waals surface area (Å²) in [5.74, 6) is -0.404. The summed E-state index contributed by atoms with van der Waals surface area (Å²) >= 11 is 1.38. The second-order valence-corrected chi connectivity index (χ2v) is 3.08. The van der Waals surface area contributed by atoms with E-state index in [1.54, 1.807) is 0 Å². The molecular weight excluding hydrogens is 190 g/mol. The Kier molecular flexibility index (Phi) is 3.32. The molecule has 72 valence electrons. The smallest absolute Gasteiger partial charge is 0.342 e. The van der Waals surface area contributed by atoms with Crippen LogP contribution in [0, 0.1) is 0 Å². The predicted molar refractivity (Wildman–Crippen MR) is 49.6 cm³/mol. The first-order valence-electron chi connectivity index (χ1n) is 3.64. The molecular formula is C7H11N3O2S. The molecule has 0 atom stereocenters. The first-order chi connectivity index (χ1) is 6.24. The van der Waals surface area contributed by atoms with Crippen molar-refractivity contribution < 1.29 is 9.53 Å². The van der Waals surface area contributed by atoms with Crippen LogP contribution in [0.3, 0.4) is 0 Å². The lowest BCUT2D eigenvalue weighted by atomic mass is 10.2. The van der Waals surface area contributed by atoms with Crippen molar-refractivity contribution in [1.29, 1.82) is 0 Å². The molecule has 0 aromatic carbocycles. The molecule has 0 unspecified atom stereocenters. The van der Waals surface area contributed by atoms with Gasteiger partial charge >= 0.3 is 5.97 Å². The van der Waals surface area contributed by atoms with Crippen LogP contribution >= 0.6 is 11.8 Å². The van der Waals surface area contributed by atoms with E-state index in [0.29, 0.717) is 16.3 Å². The monoisotopic (exact) mass is 201 g/mol. The van der Waals surface area contributed by atoms with Gasteiger partial charge in [0.15, 0.2) is 0 Å². The Morgan fingerprint density at radius 1 is 1.77 bits per heavy atom. The third kappa shape index (κ3) is 1.84. The number of nitrogens with zero attached hydrogens (tertiary/aromatic N) is 1. The molecule has 5 nitrogen and oxygen atoms in total. The molecule has 0 amide bonds. The van der Waals surface area contributed by atoms with Gasteiger partial charge in [0.2, 0.25) is 0 Å². The summed E-state index contributed by atoms with van der Waals surface area (Å²) in [7, 11) is 1.33. The fourth-order valence-electron chi connectivity index (χ4n) is 0.967. The van der Waals surface area contributed by atoms with E-state index in [1.165, 1.54) is 18.9 Å². The molecule has 1 heterocycles. The van der Waals surface area contributed by atoms with Gasteiger partial charge in [-0.3, -0.25) is 5.10 Å². The summed E-state index contributed by atoms with van der Waals surface area (Å²) in [6, 6.07) is 0. The summed E-state index contributed by atoms with van der Waals surface area (Å²) < 4.78 is 4.61. The first-order valence-corrected chi connectivity index (χ1v) is 4.86. The van der Waals surface area contributed by atoms with E-state index in [2.05, 4.69) is 14.9 Å². The van der Waals surface area contributed by atoms with Crippen LogP contribution in [0.15, 0.2) is 5.03 Å². The highest BCUT2D eigenvalue weighted by Crippen LogP contribution is 2.20. The predicted octanol–water partition coefficient (Wildman–Crippen LogP) is 0.377. The normalized spacial score (nSPS) is 10.1. The minimum atomic E-state index is -0.404. The standard InChI is InChI=1S/C7H11N3O2S/c1-12-7(11)5-4(3-8)9-10-6(5)13-2/h3,8H2,1-2H3,(H,9,10). The molecule has 6 heteroatoms. The SMILES string of the molecule is COC(=O)c1c(SC)n[nH]c1CN. The van der Waals surface area contributed by atoms with Gasteiger partial charge in [-0.05, 0) is 6.26 Å². The zero-order valence-corrected chi connectivity index (χ0v) is 8.27. The molecule has 3 N–H and O–H groups in total. The number of aromatic amines is 1. The van der Waals surface area contributed by atoms with Crippen LogP contribution in [-0.2, 0) is 11.3 Å². The van der Waals surface area contributed by atoms with Gasteiger partial charge < -0.3 is 10.5 Å². The Labute approximate surface area is 80.0 Å². The van der Waals surface area contributed by atoms with Crippen LogP contribution in [0.4, 0.5) is 0 Å². The molecule has 0 saturated heterocycles. The molecule has 0 spiro atoms. The molecule has 0 radical (unpaired) electrons. The summed E-state index contributed by atoms with van der Waals surface area (Å²) in [5.41, 5.74) is 6.47. The van der Waals surface area contributed by atoms with Crippen molar-refractivity contribution in [2.24, 2.45) is 5.73 Å². The minimum Gasteiger partial charge on any atom is -0.465 e. The van der Waals surface area contributed by atoms with Crippen molar-refractivity contribution in [3.8, 4) is 0 Å². The third-order valence-electron chi connectivity index (χ3n) is 1.60. The molecule has 0 aliphatic heterocycles. The molecule has 13 heavy (non-hydrogen) atoms. The van der Waals surface area contributed by atoms with Crippen LogP contribution in [-0.4, -0.2) is 29.5 Å². The number of esters is 1. The molecule has 0 fully saturated rings. The van der Waals surface area contributed by atoms with Crippen LogP contribution in [0.5, 0.6) is 0 Å². The quantitative estimate of drug-likeness (QED) is 0.545. The number of methoxy groups -OCH3 is 1. The van der Waals surface area contributed by atoms with Crippen molar-refractivity contribution >= 4 is 17.7 Å². The number of carbonyl (C=O) groups is 1. The van der Waals surface area contributed by atoms with Crippen LogP contribution < -0.4 is 5.73 Å². The van der Waals surface area contributed by atoms with Crippen LogP contribution in [0.2, 0.25) is 0 Å². The Balaban J connectivity index is 3.12. The summed E-state index contributed by atoms with van der Waals surface area (Å²) in [5, 5.41) is 7.24. The maximum absolute atomic E-state index is 11.3. The Morgan fingerprint density at radius 2 is 2.46 bits per heavy atom. The van der Waals surface area contributed by atoms with Gasteiger partial charge in [0, 0.05) is 6.54 Å². The van der Waals surface area contributed by atoms with E-state index in [0.717, 1.165) is 0 Å². The topological polar surface area (TPSA) is 81.0 Å². The van der Waals surface area contributed by atoms with E-state index in [-0.39, 0.29) is 6.54 Å². The summed E-state index contributed by atoms with van der Waals surface area (Å²) in [6.07, 6.45) is 1.84. The van der Waals surface area contributed by atoms with E-state index in [9.17, 15) is 4.79 Å². The lowest BCUT2D eigenvalue weighted by Crippen LogP contribution is -2.08. The van der Waals surface area contributed by atoms with Gasteiger partial charge in [-0.1, -0.05) is 0 Å². The van der Waals surface area contributed by atoms with E-state index < -0.39 is 5.97 Å². The maximum Gasteiger partial charge on any atom is 0.342 e. The maximum atomic E-state index is 11.3. The minimum absolute atomic E-state index is 0.248. The summed E-state index contributed by atoms with van der Waals surface area (Å²) in [4.78, 5) is 11.3. The molecule has 1 rings (SSSR count). The van der Waals surface area contributed by atoms with Gasteiger partial charge in [0.05, 0.1) is 12.8 Å². The molecule has 0 aliphatic carbocycles. The van der Waals surface area contributed by atoms with Crippen molar-refractivity contribution in [2.75, 3.05) is 13.4 Å². The van der Waals surface area contributed by atoms with E-state index >= 15 is 0 Å². The Bertz CT molecular complexity index is 289. The lowest BCUT2D eigenvalue weighted by Gasteiger charge is -1.99. The highest BCUT2D eigenvalue weighted by Gasteiger charge is 2.19. The second-order valence-electron chi connectivity index (χ2n) is 2.28. The molecule has 0 saturated carbocycles. The lowest BCUT2D eigenvalue weighted by molar-refractivity contribution is 0.0595. The largest absolute Gasteiger partial charge is 0.465 e. The van der Waals surface area contributed by atoms with Gasteiger partial charge in [0.1, 0.15) is 10.6 Å². The second kappa shape index (κ2) is 4.29. The average molecular weight is 201 g/mol. The number of thioether (sulfide) groups is 1. The van der Waals surface area contributed by atoms with Gasteiger partial charge in [-0.25, -0.2) is 4.79 Å². The fourth-order valence-corrected chi connectivity index (χ4v) is 1.51. The number of nitrogens with two attached hydrogens (primary N) is 1. The molecule has 0 bridgehead atoms. The highest BCUT2D eigenvalue weighted by molar-refractivity contribution is 7.98. The van der Waals surface area contributed by atoms with Crippen LogP contribution in [0.1, 0.15) is 16.1 Å². The molecule has 1 aromatic heterocycles. The molecule has 1 aromatic rings. The van der Waals surface area contributed by atoms with Crippen molar-refractivity contribution in [3.05, 3.63) is 11.3 Å². The van der Waals surface area contributed by atoms with Crippen molar-refractivity contribution in [3.63, 3.8) is 0 Å². The number of rotatable bonds is 3. The number of H-pyrrole nitrogens is 1. The number of carbonyl (C=O) groups excluding carboxylic acids is 1. The number of hydrogen-bond acceptors (Lipinski definition) is 5. The third-order valence-corrected chi connectivity index (χ3v) is 2.28. The van der Waals surface area contributed by atoms with E-state index in [1.807, 2.05) is 6.26 Å². The zero-order valence-electron chi connectivity index (χ0n) is 7.46. The van der Waals surface area contributed by atoms with Gasteiger partial charge in [-0.15, -0.1) is 11.8 Å². The number of aromatic nitrogens is 2. The van der Waals surface area contributed by atoms with Gasteiger partial charge in [0.25, 0.3) is 0 Å². The average Bonchev–Trinajstić information content (AvgIpc) is 2.59. The number of hydrogen-bond donors (Lipinski definition) is 2. The zero-order chi connectivity index (χ0) is 9.84. The fraction of sp³-hybridized carbons (Fsp3) is 0.429. The number of nitrogens with one attached hydrogen (secondary N) is 1. The highest BCUT2D eigenvalue weighted by atomic mass is 32.2. The van der Waals surface area contributed by atoms with Gasteiger partial charge in [-0.2, -0.15) is 5.10 Å². The first kappa shape index (κ1) is 10.1. The Hall–Kier alpha value is -1.01. The number of ether oxygens (including phenoxy) is 1. The molecule has 0 aliphatic rings. The van der Waals surface area contributed by atoms with Crippen LogP contribution in [0.25, 0.3) is 0 Å². The Morgan fingerprint density at radius 3 is 2.92 bits per heavy atom. The van der Waals surface area contributed by atoms with Crippen molar-refractivity contribution in [1.82, 2.24) is 10.2 Å². The van der Waals surface area contributed by atoms with Crippen molar-refractivity contribution in [2.45, 2.75) is 11.6 Å².